The molecule has 0 aromatic carbocycles. The average Bonchev–Trinajstić information content (AvgIpc) is 2.16. The summed E-state index contributed by atoms with van der Waals surface area (Å²) in [6.45, 7) is 5.57. The van der Waals surface area contributed by atoms with Gasteiger partial charge in [-0.3, -0.25) is 0 Å². The molecule has 13 heavy (non-hydrogen) atoms. The molecule has 0 radical (unpaired) electrons. The van der Waals surface area contributed by atoms with Gasteiger partial charge in [0.25, 0.3) is 0 Å². The van der Waals surface area contributed by atoms with Crippen molar-refractivity contribution in [1.29, 1.82) is 0 Å². The molecule has 80 valence electrons. The Morgan fingerprint density at radius 1 is 1.00 bits per heavy atom. The molecule has 0 aromatic heterocycles. The first-order chi connectivity index (χ1) is 6.31. The Bertz CT molecular complexity index is 91.1. The Hall–Kier alpha value is -0.0400. The largest absolute Gasteiger partial charge is 0.385 e. The second-order valence-corrected chi connectivity index (χ2v) is 4.06. The number of rotatable bonds is 9. The highest BCUT2D eigenvalue weighted by Gasteiger charge is 1.97. The van der Waals surface area contributed by atoms with Crippen LogP contribution in [0.15, 0.2) is 0 Å². The van der Waals surface area contributed by atoms with Crippen molar-refractivity contribution in [2.45, 2.75) is 58.8 Å². The quantitative estimate of drug-likeness (QED) is 0.494. The van der Waals surface area contributed by atoms with Gasteiger partial charge in [-0.25, -0.2) is 0 Å². The molecule has 1 atom stereocenters. The lowest BCUT2D eigenvalue weighted by Crippen LogP contribution is -1.92. The van der Waals surface area contributed by atoms with E-state index in [4.69, 9.17) is 4.74 Å². The third-order valence-electron chi connectivity index (χ3n) is 2.74. The normalized spacial score (nSPS) is 13.2. The van der Waals surface area contributed by atoms with Gasteiger partial charge in [0.05, 0.1) is 0 Å². The van der Waals surface area contributed by atoms with E-state index in [1.807, 2.05) is 0 Å². The van der Waals surface area contributed by atoms with Gasteiger partial charge in [-0.1, -0.05) is 52.4 Å². The maximum Gasteiger partial charge on any atom is 0.0462 e. The summed E-state index contributed by atoms with van der Waals surface area (Å²) in [4.78, 5) is 0. The molecule has 0 spiro atoms. The van der Waals surface area contributed by atoms with Crippen LogP contribution in [0.3, 0.4) is 0 Å². The molecule has 0 saturated heterocycles. The van der Waals surface area contributed by atoms with Crippen LogP contribution < -0.4 is 0 Å². The van der Waals surface area contributed by atoms with Gasteiger partial charge in [-0.05, 0) is 12.3 Å². The maximum absolute atomic E-state index is 5.00. The number of ether oxygens (including phenoxy) is 1. The molecule has 0 saturated carbocycles. The summed E-state index contributed by atoms with van der Waals surface area (Å²) >= 11 is 0. The Labute approximate surface area is 83.9 Å². The topological polar surface area (TPSA) is 9.23 Å². The zero-order valence-electron chi connectivity index (χ0n) is 9.64. The third-order valence-corrected chi connectivity index (χ3v) is 2.74. The molecule has 0 aliphatic heterocycles. The molecule has 0 unspecified atom stereocenters. The molecule has 0 fully saturated rings. The first-order valence-corrected chi connectivity index (χ1v) is 5.80. The monoisotopic (exact) mass is 186 g/mol. The van der Waals surface area contributed by atoms with Crippen LogP contribution in [0, 0.1) is 5.92 Å². The molecule has 0 N–H and O–H groups in total. The third kappa shape index (κ3) is 9.88. The van der Waals surface area contributed by atoms with Crippen molar-refractivity contribution in [3.05, 3.63) is 0 Å². The van der Waals surface area contributed by atoms with Crippen LogP contribution in [0.2, 0.25) is 0 Å². The van der Waals surface area contributed by atoms with E-state index < -0.39 is 0 Å². The molecule has 0 aliphatic rings. The molecule has 0 aromatic rings. The van der Waals surface area contributed by atoms with Crippen molar-refractivity contribution in [3.63, 3.8) is 0 Å². The number of hydrogen-bond acceptors (Lipinski definition) is 1. The van der Waals surface area contributed by atoms with Gasteiger partial charge in [-0.15, -0.1) is 0 Å². The fourth-order valence-electron chi connectivity index (χ4n) is 1.47. The van der Waals surface area contributed by atoms with E-state index >= 15 is 0 Å². The van der Waals surface area contributed by atoms with Gasteiger partial charge >= 0.3 is 0 Å². The number of hydrogen-bond donors (Lipinski definition) is 0. The molecule has 0 rings (SSSR count). The van der Waals surface area contributed by atoms with Crippen LogP contribution >= 0.6 is 0 Å². The second kappa shape index (κ2) is 10.0. The van der Waals surface area contributed by atoms with E-state index in [2.05, 4.69) is 13.8 Å². The number of unbranched alkanes of at least 4 members (excludes halogenated alkanes) is 4. The fraction of sp³-hybridized carbons (Fsp3) is 1.00. The Morgan fingerprint density at radius 3 is 2.23 bits per heavy atom. The van der Waals surface area contributed by atoms with Crippen LogP contribution in [0.1, 0.15) is 58.8 Å². The van der Waals surface area contributed by atoms with E-state index in [1.165, 1.54) is 44.9 Å². The Balaban J connectivity index is 2.91. The molecule has 0 bridgehead atoms. The minimum Gasteiger partial charge on any atom is -0.385 e. The van der Waals surface area contributed by atoms with Gasteiger partial charge < -0.3 is 4.74 Å². The van der Waals surface area contributed by atoms with Crippen LogP contribution in [0.25, 0.3) is 0 Å². The highest BCUT2D eigenvalue weighted by molar-refractivity contribution is 4.51. The zero-order valence-corrected chi connectivity index (χ0v) is 9.64. The van der Waals surface area contributed by atoms with E-state index in [-0.39, 0.29) is 0 Å². The predicted molar refractivity (Wildman–Crippen MR) is 59.0 cm³/mol. The summed E-state index contributed by atoms with van der Waals surface area (Å²) in [6.07, 6.45) is 9.55. The van der Waals surface area contributed by atoms with Crippen LogP contribution in [0.5, 0.6) is 0 Å². The molecular formula is C12H26O. The van der Waals surface area contributed by atoms with E-state index in [0.717, 1.165) is 12.5 Å². The van der Waals surface area contributed by atoms with Crippen LogP contribution in [-0.2, 0) is 4.74 Å². The average molecular weight is 186 g/mol. The minimum absolute atomic E-state index is 0.930. The highest BCUT2D eigenvalue weighted by Crippen LogP contribution is 2.13. The minimum atomic E-state index is 0.930. The van der Waals surface area contributed by atoms with Crippen molar-refractivity contribution < 1.29 is 4.74 Å². The van der Waals surface area contributed by atoms with Crippen LogP contribution in [-0.4, -0.2) is 13.7 Å². The predicted octanol–water partition coefficient (Wildman–Crippen LogP) is 4.02. The summed E-state index contributed by atoms with van der Waals surface area (Å²) in [5.41, 5.74) is 0. The van der Waals surface area contributed by atoms with Gasteiger partial charge in [0.2, 0.25) is 0 Å². The standard InChI is InChI=1S/C12H26O/c1-4-12(2)10-8-6-5-7-9-11-13-3/h12H,4-11H2,1-3H3/t12-/m0/s1. The highest BCUT2D eigenvalue weighted by atomic mass is 16.5. The SMILES string of the molecule is CC[C@H](C)CCCCCCCOC. The van der Waals surface area contributed by atoms with Gasteiger partial charge in [0.1, 0.15) is 0 Å². The van der Waals surface area contributed by atoms with E-state index in [0.29, 0.717) is 0 Å². The number of methoxy groups -OCH3 is 1. The smallest absolute Gasteiger partial charge is 0.0462 e. The fourth-order valence-corrected chi connectivity index (χ4v) is 1.47. The summed E-state index contributed by atoms with van der Waals surface area (Å²) in [5.74, 6) is 0.930. The molecular weight excluding hydrogens is 160 g/mol. The van der Waals surface area contributed by atoms with E-state index in [9.17, 15) is 0 Å². The van der Waals surface area contributed by atoms with Crippen molar-refractivity contribution >= 4 is 0 Å². The second-order valence-electron chi connectivity index (χ2n) is 4.06. The van der Waals surface area contributed by atoms with Crippen molar-refractivity contribution in [1.82, 2.24) is 0 Å². The summed E-state index contributed by atoms with van der Waals surface area (Å²) in [7, 11) is 1.78. The molecule has 0 aliphatic carbocycles. The lowest BCUT2D eigenvalue weighted by molar-refractivity contribution is 0.192. The molecule has 1 heteroatoms. The Morgan fingerprint density at radius 2 is 1.62 bits per heavy atom. The van der Waals surface area contributed by atoms with Gasteiger partial charge in [0.15, 0.2) is 0 Å². The lowest BCUT2D eigenvalue weighted by Gasteiger charge is -2.07. The first-order valence-electron chi connectivity index (χ1n) is 5.80. The van der Waals surface area contributed by atoms with Crippen molar-refractivity contribution in [3.8, 4) is 0 Å². The summed E-state index contributed by atoms with van der Waals surface area (Å²) in [5, 5.41) is 0. The Kier molecular flexibility index (Phi) is 10.0. The zero-order chi connectivity index (χ0) is 9.94. The first kappa shape index (κ1) is 13.0. The van der Waals surface area contributed by atoms with Crippen molar-refractivity contribution in [2.75, 3.05) is 13.7 Å². The van der Waals surface area contributed by atoms with Gasteiger partial charge in [0, 0.05) is 13.7 Å². The van der Waals surface area contributed by atoms with Gasteiger partial charge in [-0.2, -0.15) is 0 Å². The summed E-state index contributed by atoms with van der Waals surface area (Å²) < 4.78 is 5.00. The summed E-state index contributed by atoms with van der Waals surface area (Å²) in [6, 6.07) is 0. The molecule has 0 heterocycles. The van der Waals surface area contributed by atoms with E-state index in [1.54, 1.807) is 7.11 Å². The molecule has 1 nitrogen and oxygen atoms in total. The van der Waals surface area contributed by atoms with Crippen LogP contribution in [0.4, 0.5) is 0 Å². The van der Waals surface area contributed by atoms with Crippen molar-refractivity contribution in [2.24, 2.45) is 5.92 Å². The lowest BCUT2D eigenvalue weighted by atomic mass is 10.0. The maximum atomic E-state index is 5.00. The molecule has 0 amide bonds.